The van der Waals surface area contributed by atoms with Gasteiger partial charge in [-0.1, -0.05) is 19.8 Å². The monoisotopic (exact) mass is 269 g/mol. The minimum Gasteiger partial charge on any atom is -0.398 e. The number of nitrogen functional groups attached to an aromatic ring is 1. The van der Waals surface area contributed by atoms with Gasteiger partial charge in [-0.25, -0.2) is 0 Å². The first-order valence-corrected chi connectivity index (χ1v) is 7.60. The molecular formula is C17H23N3. The van der Waals surface area contributed by atoms with Gasteiger partial charge in [0.1, 0.15) is 0 Å². The molecule has 1 saturated carbocycles. The highest BCUT2D eigenvalue weighted by Crippen LogP contribution is 2.31. The topological polar surface area (TPSA) is 50.9 Å². The van der Waals surface area contributed by atoms with Gasteiger partial charge in [0.05, 0.1) is 0 Å². The van der Waals surface area contributed by atoms with E-state index in [1.54, 1.807) is 0 Å². The largest absolute Gasteiger partial charge is 0.398 e. The Morgan fingerprint density at radius 2 is 2.15 bits per heavy atom. The molecule has 0 bridgehead atoms. The second-order valence-corrected chi connectivity index (χ2v) is 6.14. The summed E-state index contributed by atoms with van der Waals surface area (Å²) in [5, 5.41) is 5.83. The Hall–Kier alpha value is -1.77. The maximum atomic E-state index is 6.01. The number of rotatable bonds is 3. The minimum absolute atomic E-state index is 0.796. The highest BCUT2D eigenvalue weighted by atomic mass is 14.9. The van der Waals surface area contributed by atoms with Crippen molar-refractivity contribution in [2.45, 2.75) is 32.6 Å². The van der Waals surface area contributed by atoms with E-state index in [-0.39, 0.29) is 0 Å². The highest BCUT2D eigenvalue weighted by molar-refractivity contribution is 6.00. The number of nitrogens with two attached hydrogens (primary N) is 1. The van der Waals surface area contributed by atoms with Crippen LogP contribution in [-0.2, 0) is 0 Å². The Kier molecular flexibility index (Phi) is 3.77. The van der Waals surface area contributed by atoms with Crippen LogP contribution in [0.25, 0.3) is 10.8 Å². The van der Waals surface area contributed by atoms with Crippen LogP contribution in [0.5, 0.6) is 0 Å². The van der Waals surface area contributed by atoms with Crippen LogP contribution in [0.3, 0.4) is 0 Å². The summed E-state index contributed by atoms with van der Waals surface area (Å²) in [4.78, 5) is 4.17. The Morgan fingerprint density at radius 3 is 3.00 bits per heavy atom. The Labute approximate surface area is 120 Å². The standard InChI is InChI=1S/C17H23N3/c1-12-3-2-4-13(9-12)10-20-17-6-5-16(18)15-11-19-8-7-14(15)17/h5-8,11-13,20H,2-4,9-10,18H2,1H3. The van der Waals surface area contributed by atoms with Crippen LogP contribution < -0.4 is 11.1 Å². The van der Waals surface area contributed by atoms with Crippen LogP contribution in [-0.4, -0.2) is 11.5 Å². The molecule has 1 heterocycles. The van der Waals surface area contributed by atoms with Gasteiger partial charge >= 0.3 is 0 Å². The van der Waals surface area contributed by atoms with Crippen LogP contribution in [0, 0.1) is 11.8 Å². The van der Waals surface area contributed by atoms with Crippen LogP contribution in [0.2, 0.25) is 0 Å². The minimum atomic E-state index is 0.796. The number of pyridine rings is 1. The molecule has 0 spiro atoms. The fourth-order valence-corrected chi connectivity index (χ4v) is 3.37. The fourth-order valence-electron chi connectivity index (χ4n) is 3.37. The smallest absolute Gasteiger partial charge is 0.0422 e. The van der Waals surface area contributed by atoms with Gasteiger partial charge in [-0.15, -0.1) is 0 Å². The highest BCUT2D eigenvalue weighted by Gasteiger charge is 2.18. The summed E-state index contributed by atoms with van der Waals surface area (Å²) in [6.07, 6.45) is 9.15. The van der Waals surface area contributed by atoms with E-state index in [4.69, 9.17) is 5.73 Å². The summed E-state index contributed by atoms with van der Waals surface area (Å²) in [6, 6.07) is 6.09. The predicted octanol–water partition coefficient (Wildman–Crippen LogP) is 4.06. The SMILES string of the molecule is CC1CCCC(CNc2ccc(N)c3cnccc23)C1. The molecule has 2 aromatic rings. The summed E-state index contributed by atoms with van der Waals surface area (Å²) in [5.41, 5.74) is 7.99. The molecule has 1 aliphatic carbocycles. The van der Waals surface area contributed by atoms with Gasteiger partial charge in [-0.3, -0.25) is 4.98 Å². The molecule has 3 rings (SSSR count). The lowest BCUT2D eigenvalue weighted by molar-refractivity contribution is 0.293. The van der Waals surface area contributed by atoms with Gasteiger partial charge in [-0.05, 0) is 42.9 Å². The van der Waals surface area contributed by atoms with Crippen molar-refractivity contribution in [1.82, 2.24) is 4.98 Å². The molecule has 1 aliphatic rings. The van der Waals surface area contributed by atoms with E-state index in [1.165, 1.54) is 36.8 Å². The number of hydrogen-bond donors (Lipinski definition) is 2. The first kappa shape index (κ1) is 13.2. The summed E-state index contributed by atoms with van der Waals surface area (Å²) < 4.78 is 0. The average molecular weight is 269 g/mol. The van der Waals surface area contributed by atoms with E-state index in [9.17, 15) is 0 Å². The number of anilines is 2. The zero-order chi connectivity index (χ0) is 13.9. The molecule has 1 aromatic heterocycles. The van der Waals surface area contributed by atoms with Crippen molar-refractivity contribution in [2.75, 3.05) is 17.6 Å². The zero-order valence-electron chi connectivity index (χ0n) is 12.1. The third kappa shape index (κ3) is 2.72. The first-order chi connectivity index (χ1) is 9.74. The molecule has 0 saturated heterocycles. The Morgan fingerprint density at radius 1 is 1.25 bits per heavy atom. The lowest BCUT2D eigenvalue weighted by Gasteiger charge is -2.27. The van der Waals surface area contributed by atoms with E-state index >= 15 is 0 Å². The molecular weight excluding hydrogens is 246 g/mol. The number of benzene rings is 1. The van der Waals surface area contributed by atoms with E-state index in [1.807, 2.05) is 24.5 Å². The van der Waals surface area contributed by atoms with Gasteiger partial charge in [0.2, 0.25) is 0 Å². The maximum absolute atomic E-state index is 6.01. The molecule has 3 N–H and O–H groups in total. The van der Waals surface area contributed by atoms with E-state index in [2.05, 4.69) is 23.3 Å². The van der Waals surface area contributed by atoms with Gasteiger partial charge in [0, 0.05) is 41.1 Å². The predicted molar refractivity (Wildman–Crippen MR) is 85.8 cm³/mol. The van der Waals surface area contributed by atoms with Crippen molar-refractivity contribution >= 4 is 22.1 Å². The third-order valence-electron chi connectivity index (χ3n) is 4.48. The van der Waals surface area contributed by atoms with Gasteiger partial charge in [0.15, 0.2) is 0 Å². The normalized spacial score (nSPS) is 22.9. The summed E-state index contributed by atoms with van der Waals surface area (Å²) in [7, 11) is 0. The quantitative estimate of drug-likeness (QED) is 0.826. The number of aromatic nitrogens is 1. The number of nitrogens with zero attached hydrogens (tertiary/aromatic N) is 1. The molecule has 0 radical (unpaired) electrons. The maximum Gasteiger partial charge on any atom is 0.0422 e. The molecule has 3 heteroatoms. The number of hydrogen-bond acceptors (Lipinski definition) is 3. The Balaban J connectivity index is 1.76. The zero-order valence-corrected chi connectivity index (χ0v) is 12.1. The van der Waals surface area contributed by atoms with E-state index in [0.717, 1.165) is 29.5 Å². The van der Waals surface area contributed by atoms with Gasteiger partial charge in [-0.2, -0.15) is 0 Å². The molecule has 0 aliphatic heterocycles. The van der Waals surface area contributed by atoms with E-state index < -0.39 is 0 Å². The molecule has 0 amide bonds. The lowest BCUT2D eigenvalue weighted by Crippen LogP contribution is -2.21. The molecule has 1 aromatic carbocycles. The fraction of sp³-hybridized carbons (Fsp3) is 0.471. The summed E-state index contributed by atoms with van der Waals surface area (Å²) >= 11 is 0. The molecule has 20 heavy (non-hydrogen) atoms. The lowest BCUT2D eigenvalue weighted by atomic mass is 9.82. The average Bonchev–Trinajstić information content (AvgIpc) is 2.47. The summed E-state index contributed by atoms with van der Waals surface area (Å²) in [5.74, 6) is 1.68. The van der Waals surface area contributed by atoms with Crippen LogP contribution >= 0.6 is 0 Å². The van der Waals surface area contributed by atoms with Crippen molar-refractivity contribution < 1.29 is 0 Å². The van der Waals surface area contributed by atoms with Crippen molar-refractivity contribution in [3.63, 3.8) is 0 Å². The summed E-state index contributed by atoms with van der Waals surface area (Å²) in [6.45, 7) is 3.43. The van der Waals surface area contributed by atoms with Gasteiger partial charge < -0.3 is 11.1 Å². The van der Waals surface area contributed by atoms with Gasteiger partial charge in [0.25, 0.3) is 0 Å². The van der Waals surface area contributed by atoms with Crippen molar-refractivity contribution in [1.29, 1.82) is 0 Å². The Bertz CT molecular complexity index is 594. The molecule has 2 unspecified atom stereocenters. The number of nitrogens with one attached hydrogen (secondary N) is 1. The third-order valence-corrected chi connectivity index (χ3v) is 4.48. The van der Waals surface area contributed by atoms with Crippen molar-refractivity contribution in [2.24, 2.45) is 11.8 Å². The number of fused-ring (bicyclic) bond motifs is 1. The second-order valence-electron chi connectivity index (χ2n) is 6.14. The van der Waals surface area contributed by atoms with Crippen molar-refractivity contribution in [3.05, 3.63) is 30.6 Å². The van der Waals surface area contributed by atoms with E-state index in [0.29, 0.717) is 0 Å². The molecule has 2 atom stereocenters. The molecule has 1 fully saturated rings. The van der Waals surface area contributed by atoms with Crippen molar-refractivity contribution in [3.8, 4) is 0 Å². The van der Waals surface area contributed by atoms with Crippen LogP contribution in [0.4, 0.5) is 11.4 Å². The molecule has 106 valence electrons. The van der Waals surface area contributed by atoms with Crippen LogP contribution in [0.15, 0.2) is 30.6 Å². The molecule has 3 nitrogen and oxygen atoms in total. The first-order valence-electron chi connectivity index (χ1n) is 7.60. The second kappa shape index (κ2) is 5.70. The van der Waals surface area contributed by atoms with Crippen LogP contribution in [0.1, 0.15) is 32.6 Å².